The molecule has 0 atom stereocenters. The number of hydrogen-bond acceptors (Lipinski definition) is 3. The van der Waals surface area contributed by atoms with E-state index < -0.39 is 0 Å². The first-order valence-corrected chi connectivity index (χ1v) is 11.0. The lowest BCUT2D eigenvalue weighted by Crippen LogP contribution is -2.32. The minimum absolute atomic E-state index is 0.103. The van der Waals surface area contributed by atoms with Crippen LogP contribution in [0.1, 0.15) is 23.1 Å². The lowest BCUT2D eigenvalue weighted by atomic mass is 10.1. The number of nitrogens with zero attached hydrogens (tertiary/aromatic N) is 1. The maximum atomic E-state index is 13.1. The monoisotopic (exact) mass is 455 g/mol. The third-order valence-electron chi connectivity index (χ3n) is 5.30. The number of amides is 1. The zero-order chi connectivity index (χ0) is 21.6. The third kappa shape index (κ3) is 5.72. The summed E-state index contributed by atoms with van der Waals surface area (Å²) in [6, 6.07) is 21.3. The van der Waals surface area contributed by atoms with Crippen molar-refractivity contribution < 1.29 is 14.3 Å². The Balaban J connectivity index is 1.47. The lowest BCUT2D eigenvalue weighted by molar-refractivity contribution is -0.131. The summed E-state index contributed by atoms with van der Waals surface area (Å²) in [4.78, 5) is 15.0. The molecule has 3 aromatic carbocycles. The predicted octanol–water partition coefficient (Wildman–Crippen LogP) is 5.93. The zero-order valence-corrected chi connectivity index (χ0v) is 18.5. The summed E-state index contributed by atoms with van der Waals surface area (Å²) in [7, 11) is 0. The van der Waals surface area contributed by atoms with E-state index in [1.165, 1.54) is 0 Å². The zero-order valence-electron chi connectivity index (χ0n) is 17.0. The summed E-state index contributed by atoms with van der Waals surface area (Å²) in [5, 5.41) is 1.22. The Bertz CT molecular complexity index is 1060. The van der Waals surface area contributed by atoms with Gasteiger partial charge in [0.25, 0.3) is 0 Å². The maximum Gasteiger partial charge on any atom is 0.231 e. The molecular weight excluding hydrogens is 433 g/mol. The van der Waals surface area contributed by atoms with Gasteiger partial charge in [-0.05, 0) is 53.8 Å². The average Bonchev–Trinajstić information content (AvgIpc) is 3.24. The van der Waals surface area contributed by atoms with Crippen LogP contribution in [0, 0.1) is 0 Å². The van der Waals surface area contributed by atoms with Gasteiger partial charge in [0.15, 0.2) is 11.5 Å². The molecule has 160 valence electrons. The molecule has 1 heterocycles. The molecule has 0 fully saturated rings. The second-order valence-electron chi connectivity index (χ2n) is 7.47. The van der Waals surface area contributed by atoms with Crippen LogP contribution in [-0.4, -0.2) is 24.1 Å². The van der Waals surface area contributed by atoms with E-state index in [-0.39, 0.29) is 12.7 Å². The largest absolute Gasteiger partial charge is 0.454 e. The quantitative estimate of drug-likeness (QED) is 0.422. The number of ether oxygens (including phenoxy) is 2. The van der Waals surface area contributed by atoms with Crippen molar-refractivity contribution in [2.24, 2.45) is 0 Å². The highest BCUT2D eigenvalue weighted by molar-refractivity contribution is 6.35. The van der Waals surface area contributed by atoms with Crippen molar-refractivity contribution in [2.45, 2.75) is 25.8 Å². The Hall–Kier alpha value is -2.69. The van der Waals surface area contributed by atoms with Crippen LogP contribution < -0.4 is 9.47 Å². The molecule has 4 nitrogen and oxygen atoms in total. The fourth-order valence-corrected chi connectivity index (χ4v) is 4.09. The summed E-state index contributed by atoms with van der Waals surface area (Å²) in [5.41, 5.74) is 3.12. The summed E-state index contributed by atoms with van der Waals surface area (Å²) in [6.45, 7) is 1.28. The molecule has 0 radical (unpaired) electrons. The van der Waals surface area contributed by atoms with Gasteiger partial charge in [0, 0.05) is 29.6 Å². The number of halogens is 2. The Morgan fingerprint density at radius 3 is 2.48 bits per heavy atom. The Morgan fingerprint density at radius 1 is 0.871 bits per heavy atom. The number of carbonyl (C=O) groups is 1. The van der Waals surface area contributed by atoms with Gasteiger partial charge in [-0.1, -0.05) is 65.7 Å². The van der Waals surface area contributed by atoms with Crippen molar-refractivity contribution in [2.75, 3.05) is 13.3 Å². The first-order chi connectivity index (χ1) is 15.1. The molecule has 1 aliphatic rings. The first-order valence-electron chi connectivity index (χ1n) is 10.2. The smallest absolute Gasteiger partial charge is 0.231 e. The van der Waals surface area contributed by atoms with Gasteiger partial charge in [-0.3, -0.25) is 4.79 Å². The molecular formula is C25H23Cl2NO3. The summed E-state index contributed by atoms with van der Waals surface area (Å²) in [5.74, 6) is 1.56. The number of hydrogen-bond donors (Lipinski definition) is 0. The summed E-state index contributed by atoms with van der Waals surface area (Å²) >= 11 is 12.4. The average molecular weight is 456 g/mol. The summed E-state index contributed by atoms with van der Waals surface area (Å²) < 4.78 is 10.9. The second kappa shape index (κ2) is 10.1. The third-order valence-corrected chi connectivity index (χ3v) is 5.89. The molecule has 0 N–H and O–H groups in total. The standard InChI is InChI=1S/C25H23Cl2NO3/c26-21-9-8-20(22(27)15-21)12-13-28(25(29)11-7-18-4-2-1-3-5-18)16-19-6-10-23-24(14-19)31-17-30-23/h1-6,8-10,14-15H,7,11-13,16-17H2. The molecule has 3 aromatic rings. The van der Waals surface area contributed by atoms with Crippen molar-refractivity contribution in [1.29, 1.82) is 0 Å². The highest BCUT2D eigenvalue weighted by Gasteiger charge is 2.18. The normalized spacial score (nSPS) is 12.1. The maximum absolute atomic E-state index is 13.1. The minimum Gasteiger partial charge on any atom is -0.454 e. The van der Waals surface area contributed by atoms with Crippen molar-refractivity contribution in [3.8, 4) is 11.5 Å². The van der Waals surface area contributed by atoms with E-state index >= 15 is 0 Å². The Morgan fingerprint density at radius 2 is 1.68 bits per heavy atom. The molecule has 31 heavy (non-hydrogen) atoms. The lowest BCUT2D eigenvalue weighted by Gasteiger charge is -2.23. The number of fused-ring (bicyclic) bond motifs is 1. The molecule has 0 aromatic heterocycles. The predicted molar refractivity (Wildman–Crippen MR) is 123 cm³/mol. The number of carbonyl (C=O) groups excluding carboxylic acids is 1. The van der Waals surface area contributed by atoms with Gasteiger partial charge < -0.3 is 14.4 Å². The van der Waals surface area contributed by atoms with Crippen LogP contribution in [0.15, 0.2) is 66.7 Å². The van der Waals surface area contributed by atoms with Crippen LogP contribution in [0.25, 0.3) is 0 Å². The van der Waals surface area contributed by atoms with E-state index in [1.54, 1.807) is 6.07 Å². The van der Waals surface area contributed by atoms with Crippen molar-refractivity contribution in [3.05, 3.63) is 93.5 Å². The molecule has 0 spiro atoms. The van der Waals surface area contributed by atoms with Gasteiger partial charge in [0.1, 0.15) is 0 Å². The molecule has 4 rings (SSSR count). The van der Waals surface area contributed by atoms with E-state index in [0.717, 1.165) is 28.2 Å². The van der Waals surface area contributed by atoms with Crippen LogP contribution in [0.5, 0.6) is 11.5 Å². The van der Waals surface area contributed by atoms with Gasteiger partial charge in [0.2, 0.25) is 12.7 Å². The molecule has 0 saturated heterocycles. The molecule has 0 aliphatic carbocycles. The van der Waals surface area contributed by atoms with Crippen molar-refractivity contribution in [3.63, 3.8) is 0 Å². The van der Waals surface area contributed by atoms with Crippen LogP contribution >= 0.6 is 23.2 Å². The van der Waals surface area contributed by atoms with Crippen LogP contribution in [0.3, 0.4) is 0 Å². The fourth-order valence-electron chi connectivity index (χ4n) is 3.59. The van der Waals surface area contributed by atoms with Crippen molar-refractivity contribution >= 4 is 29.1 Å². The summed E-state index contributed by atoms with van der Waals surface area (Å²) in [6.07, 6.45) is 1.81. The first kappa shape index (κ1) is 21.5. The van der Waals surface area contributed by atoms with Gasteiger partial charge in [0.05, 0.1) is 0 Å². The molecule has 6 heteroatoms. The van der Waals surface area contributed by atoms with Crippen LogP contribution in [0.4, 0.5) is 0 Å². The highest BCUT2D eigenvalue weighted by atomic mass is 35.5. The highest BCUT2D eigenvalue weighted by Crippen LogP contribution is 2.33. The second-order valence-corrected chi connectivity index (χ2v) is 8.32. The van der Waals surface area contributed by atoms with Gasteiger partial charge >= 0.3 is 0 Å². The fraction of sp³-hybridized carbons (Fsp3) is 0.240. The minimum atomic E-state index is 0.103. The van der Waals surface area contributed by atoms with Gasteiger partial charge in [-0.25, -0.2) is 0 Å². The number of aryl methyl sites for hydroxylation is 1. The van der Waals surface area contributed by atoms with E-state index in [4.69, 9.17) is 32.7 Å². The van der Waals surface area contributed by atoms with E-state index in [2.05, 4.69) is 0 Å². The molecule has 1 amide bonds. The Kier molecular flexibility index (Phi) is 7.00. The van der Waals surface area contributed by atoms with Crippen LogP contribution in [0.2, 0.25) is 10.0 Å². The SMILES string of the molecule is O=C(CCc1ccccc1)N(CCc1ccc(Cl)cc1Cl)Cc1ccc2c(c1)OCO2. The van der Waals surface area contributed by atoms with Gasteiger partial charge in [-0.2, -0.15) is 0 Å². The Labute approximate surface area is 192 Å². The number of benzene rings is 3. The molecule has 1 aliphatic heterocycles. The van der Waals surface area contributed by atoms with Gasteiger partial charge in [-0.15, -0.1) is 0 Å². The number of rotatable bonds is 8. The van der Waals surface area contributed by atoms with E-state index in [1.807, 2.05) is 65.6 Å². The molecule has 0 unspecified atom stereocenters. The molecule has 0 saturated carbocycles. The topological polar surface area (TPSA) is 38.8 Å². The van der Waals surface area contributed by atoms with Crippen LogP contribution in [-0.2, 0) is 24.2 Å². The molecule has 0 bridgehead atoms. The van der Waals surface area contributed by atoms with E-state index in [9.17, 15) is 4.79 Å². The van der Waals surface area contributed by atoms with E-state index in [0.29, 0.717) is 42.4 Å². The van der Waals surface area contributed by atoms with Crippen molar-refractivity contribution in [1.82, 2.24) is 4.90 Å².